The zero-order chi connectivity index (χ0) is 12.1. The van der Waals surface area contributed by atoms with Crippen LogP contribution in [0.2, 0.25) is 0 Å². The summed E-state index contributed by atoms with van der Waals surface area (Å²) >= 11 is 1.07. The molecule has 2 N–H and O–H groups in total. The minimum atomic E-state index is -0.994. The van der Waals surface area contributed by atoms with Gasteiger partial charge in [0.15, 0.2) is 6.61 Å². The Labute approximate surface area is 97.0 Å². The molecule has 1 heterocycles. The van der Waals surface area contributed by atoms with Crippen molar-refractivity contribution in [2.24, 2.45) is 0 Å². The van der Waals surface area contributed by atoms with E-state index in [2.05, 4.69) is 5.32 Å². The van der Waals surface area contributed by atoms with E-state index in [1.54, 1.807) is 5.38 Å². The van der Waals surface area contributed by atoms with E-state index in [0.717, 1.165) is 11.3 Å². The molecule has 0 aliphatic rings. The lowest BCUT2D eigenvalue weighted by Gasteiger charge is -2.08. The third-order valence-corrected chi connectivity index (χ3v) is 2.50. The number of hydrogen-bond acceptors (Lipinski definition) is 4. The average Bonchev–Trinajstić information content (AvgIpc) is 2.61. The van der Waals surface area contributed by atoms with Gasteiger partial charge in [0, 0.05) is 17.5 Å². The molecule has 0 atom stereocenters. The van der Waals surface area contributed by atoms with Gasteiger partial charge in [0.05, 0.1) is 0 Å². The summed E-state index contributed by atoms with van der Waals surface area (Å²) in [5.41, 5.74) is 0. The molecule has 1 aromatic rings. The van der Waals surface area contributed by atoms with Crippen molar-refractivity contribution in [1.29, 1.82) is 0 Å². The van der Waals surface area contributed by atoms with Crippen LogP contribution in [0, 0.1) is 0 Å². The summed E-state index contributed by atoms with van der Waals surface area (Å²) in [6.45, 7) is 3.60. The molecule has 0 saturated heterocycles. The van der Waals surface area contributed by atoms with Crippen molar-refractivity contribution < 1.29 is 19.4 Å². The molecule has 0 fully saturated rings. The standard InChI is InChI=1S/C10H13NO4S/c1-6(2)11-9(12)4-15-7-3-8(10(13)14)16-5-7/h3,5-6H,4H2,1-2H3,(H,11,12)(H,13,14). The number of rotatable bonds is 5. The van der Waals surface area contributed by atoms with Crippen molar-refractivity contribution in [2.45, 2.75) is 19.9 Å². The summed E-state index contributed by atoms with van der Waals surface area (Å²) in [6, 6.07) is 1.46. The molecule has 6 heteroatoms. The van der Waals surface area contributed by atoms with Gasteiger partial charge in [-0.25, -0.2) is 4.79 Å². The summed E-state index contributed by atoms with van der Waals surface area (Å²) in [5, 5.41) is 12.9. The highest BCUT2D eigenvalue weighted by Gasteiger charge is 2.09. The van der Waals surface area contributed by atoms with E-state index >= 15 is 0 Å². The van der Waals surface area contributed by atoms with Crippen molar-refractivity contribution in [3.8, 4) is 5.75 Å². The number of carbonyl (C=O) groups is 2. The van der Waals surface area contributed by atoms with Crippen LogP contribution in [0.4, 0.5) is 0 Å². The fraction of sp³-hybridized carbons (Fsp3) is 0.400. The number of nitrogens with one attached hydrogen (secondary N) is 1. The highest BCUT2D eigenvalue weighted by Crippen LogP contribution is 2.21. The van der Waals surface area contributed by atoms with Gasteiger partial charge >= 0.3 is 5.97 Å². The molecular weight excluding hydrogens is 230 g/mol. The maximum Gasteiger partial charge on any atom is 0.346 e. The van der Waals surface area contributed by atoms with Gasteiger partial charge in [0.2, 0.25) is 0 Å². The predicted molar refractivity (Wildman–Crippen MR) is 60.1 cm³/mol. The summed E-state index contributed by atoms with van der Waals surface area (Å²) in [6.07, 6.45) is 0. The number of carboxylic acid groups (broad SMARTS) is 1. The fourth-order valence-corrected chi connectivity index (χ4v) is 1.68. The van der Waals surface area contributed by atoms with Crippen LogP contribution >= 0.6 is 11.3 Å². The molecule has 0 aromatic carbocycles. The molecule has 0 aliphatic carbocycles. The second kappa shape index (κ2) is 5.50. The highest BCUT2D eigenvalue weighted by atomic mass is 32.1. The molecule has 16 heavy (non-hydrogen) atoms. The molecule has 0 radical (unpaired) electrons. The first kappa shape index (κ1) is 12.5. The Bertz CT molecular complexity index is 386. The summed E-state index contributed by atoms with van der Waals surface area (Å²) in [5.74, 6) is -0.814. The molecule has 0 unspecified atom stereocenters. The lowest BCUT2D eigenvalue weighted by Crippen LogP contribution is -2.34. The van der Waals surface area contributed by atoms with Gasteiger partial charge in [0.25, 0.3) is 5.91 Å². The molecule has 0 aliphatic heterocycles. The number of aromatic carboxylic acids is 1. The van der Waals surface area contributed by atoms with Crippen molar-refractivity contribution in [1.82, 2.24) is 5.32 Å². The number of hydrogen-bond donors (Lipinski definition) is 2. The number of amides is 1. The van der Waals surface area contributed by atoms with E-state index in [0.29, 0.717) is 5.75 Å². The Morgan fingerprint density at radius 3 is 2.75 bits per heavy atom. The highest BCUT2D eigenvalue weighted by molar-refractivity contribution is 7.12. The van der Waals surface area contributed by atoms with Gasteiger partial charge in [-0.1, -0.05) is 0 Å². The van der Waals surface area contributed by atoms with Gasteiger partial charge in [-0.05, 0) is 13.8 Å². The number of carbonyl (C=O) groups excluding carboxylic acids is 1. The third kappa shape index (κ3) is 3.90. The van der Waals surface area contributed by atoms with E-state index in [4.69, 9.17) is 9.84 Å². The SMILES string of the molecule is CC(C)NC(=O)COc1csc(C(=O)O)c1. The Morgan fingerprint density at radius 1 is 1.56 bits per heavy atom. The average molecular weight is 243 g/mol. The maximum atomic E-state index is 11.2. The quantitative estimate of drug-likeness (QED) is 0.818. The van der Waals surface area contributed by atoms with Crippen molar-refractivity contribution in [3.05, 3.63) is 16.3 Å². The molecule has 1 aromatic heterocycles. The second-order valence-electron chi connectivity index (χ2n) is 3.46. The summed E-state index contributed by atoms with van der Waals surface area (Å²) < 4.78 is 5.13. The molecule has 0 saturated carbocycles. The smallest absolute Gasteiger partial charge is 0.346 e. The predicted octanol–water partition coefficient (Wildman–Crippen LogP) is 1.35. The Balaban J connectivity index is 2.42. The van der Waals surface area contributed by atoms with Crippen molar-refractivity contribution in [2.75, 3.05) is 6.61 Å². The summed E-state index contributed by atoms with van der Waals surface area (Å²) in [7, 11) is 0. The molecule has 1 rings (SSSR count). The van der Waals surface area contributed by atoms with E-state index in [1.165, 1.54) is 6.07 Å². The first-order valence-corrected chi connectivity index (χ1v) is 5.61. The van der Waals surface area contributed by atoms with E-state index in [1.807, 2.05) is 13.8 Å². The number of thiophene rings is 1. The van der Waals surface area contributed by atoms with E-state index < -0.39 is 5.97 Å². The lowest BCUT2D eigenvalue weighted by atomic mass is 10.4. The third-order valence-electron chi connectivity index (χ3n) is 1.61. The van der Waals surface area contributed by atoms with E-state index in [9.17, 15) is 9.59 Å². The Hall–Kier alpha value is -1.56. The van der Waals surface area contributed by atoms with E-state index in [-0.39, 0.29) is 23.4 Å². The maximum absolute atomic E-state index is 11.2. The van der Waals surface area contributed by atoms with Crippen LogP contribution in [0.15, 0.2) is 11.4 Å². The van der Waals surface area contributed by atoms with Crippen LogP contribution in [0.1, 0.15) is 23.5 Å². The lowest BCUT2D eigenvalue weighted by molar-refractivity contribution is -0.123. The first-order chi connectivity index (χ1) is 7.49. The van der Waals surface area contributed by atoms with Crippen molar-refractivity contribution in [3.63, 3.8) is 0 Å². The van der Waals surface area contributed by atoms with Crippen LogP contribution in [-0.4, -0.2) is 29.6 Å². The molecule has 1 amide bonds. The normalized spacial score (nSPS) is 10.2. The molecular formula is C10H13NO4S. The molecule has 88 valence electrons. The Kier molecular flexibility index (Phi) is 4.30. The molecule has 0 spiro atoms. The minimum absolute atomic E-state index is 0.0631. The van der Waals surface area contributed by atoms with Gasteiger partial charge in [-0.15, -0.1) is 11.3 Å². The van der Waals surface area contributed by atoms with Crippen LogP contribution in [0.25, 0.3) is 0 Å². The van der Waals surface area contributed by atoms with Gasteiger partial charge in [-0.2, -0.15) is 0 Å². The first-order valence-electron chi connectivity index (χ1n) is 4.73. The van der Waals surface area contributed by atoms with Crippen LogP contribution in [0.3, 0.4) is 0 Å². The molecule has 0 bridgehead atoms. The van der Waals surface area contributed by atoms with Gasteiger partial charge in [-0.3, -0.25) is 4.79 Å². The number of carboxylic acids is 1. The fourth-order valence-electron chi connectivity index (χ4n) is 1.02. The van der Waals surface area contributed by atoms with Crippen LogP contribution < -0.4 is 10.1 Å². The summed E-state index contributed by atoms with van der Waals surface area (Å²) in [4.78, 5) is 22.0. The topological polar surface area (TPSA) is 75.6 Å². The molecule has 5 nitrogen and oxygen atoms in total. The monoisotopic (exact) mass is 243 g/mol. The minimum Gasteiger partial charge on any atom is -0.483 e. The van der Waals surface area contributed by atoms with Crippen molar-refractivity contribution >= 4 is 23.2 Å². The largest absolute Gasteiger partial charge is 0.483 e. The zero-order valence-corrected chi connectivity index (χ0v) is 9.84. The van der Waals surface area contributed by atoms with Gasteiger partial charge in [0.1, 0.15) is 10.6 Å². The second-order valence-corrected chi connectivity index (χ2v) is 4.37. The zero-order valence-electron chi connectivity index (χ0n) is 9.02. The van der Waals surface area contributed by atoms with Crippen LogP contribution in [-0.2, 0) is 4.79 Å². The van der Waals surface area contributed by atoms with Crippen LogP contribution in [0.5, 0.6) is 5.75 Å². The Morgan fingerprint density at radius 2 is 2.25 bits per heavy atom. The number of ether oxygens (including phenoxy) is 1. The van der Waals surface area contributed by atoms with Gasteiger partial charge < -0.3 is 15.2 Å².